The molecular weight excluding hydrogens is 362 g/mol. The van der Waals surface area contributed by atoms with Crippen molar-refractivity contribution in [3.8, 4) is 22.0 Å². The molecule has 0 bridgehead atoms. The molecule has 0 unspecified atom stereocenters. The Morgan fingerprint density at radius 1 is 1.41 bits per heavy atom. The fourth-order valence-corrected chi connectivity index (χ4v) is 4.52. The van der Waals surface area contributed by atoms with Crippen LogP contribution in [0.15, 0.2) is 12.5 Å². The number of nitrogens with one attached hydrogen (secondary N) is 2. The Morgan fingerprint density at radius 3 is 2.96 bits per heavy atom. The number of aromatic nitrogens is 5. The first kappa shape index (κ1) is 17.9. The molecule has 1 aliphatic rings. The van der Waals surface area contributed by atoms with E-state index in [0.717, 1.165) is 60.0 Å². The molecule has 0 saturated carbocycles. The van der Waals surface area contributed by atoms with E-state index >= 15 is 0 Å². The lowest BCUT2D eigenvalue weighted by Gasteiger charge is -2.12. The van der Waals surface area contributed by atoms with Gasteiger partial charge in [-0.2, -0.15) is 5.10 Å². The standard InChI is InChI=1S/C18H23N7OS/c1-11(26)21-18-22-13-6-4-5-12-15(14-9-19-10-20-14)23-25(8-7-24(2)3)16(12)17(13)27-18/h9-10H,4-8H2,1-3H3,(H,19,20)(H,21,22,26). The minimum Gasteiger partial charge on any atom is -0.351 e. The van der Waals surface area contributed by atoms with E-state index in [9.17, 15) is 4.79 Å². The number of fused-ring (bicyclic) bond motifs is 3. The molecule has 0 saturated heterocycles. The fourth-order valence-electron chi connectivity index (χ4n) is 3.39. The summed E-state index contributed by atoms with van der Waals surface area (Å²) in [6.45, 7) is 3.18. The van der Waals surface area contributed by atoms with Crippen molar-refractivity contribution in [3.63, 3.8) is 0 Å². The highest BCUT2D eigenvalue weighted by molar-refractivity contribution is 7.19. The molecule has 4 rings (SSSR count). The van der Waals surface area contributed by atoms with Crippen molar-refractivity contribution in [2.24, 2.45) is 0 Å². The van der Waals surface area contributed by atoms with Gasteiger partial charge in [-0.05, 0) is 33.4 Å². The number of amides is 1. The van der Waals surface area contributed by atoms with Gasteiger partial charge in [0, 0.05) is 25.2 Å². The van der Waals surface area contributed by atoms with Crippen LogP contribution >= 0.6 is 11.3 Å². The second kappa shape index (κ2) is 7.24. The maximum Gasteiger partial charge on any atom is 0.223 e. The summed E-state index contributed by atoms with van der Waals surface area (Å²) < 4.78 is 2.08. The molecule has 0 fully saturated rings. The molecule has 0 aromatic carbocycles. The SMILES string of the molecule is CC(=O)Nc1nc2c(s1)-c1c(c(-c3c[nH]cn3)nn1CCN(C)C)CCC2. The summed E-state index contributed by atoms with van der Waals surface area (Å²) in [5.74, 6) is -0.0996. The van der Waals surface area contributed by atoms with Gasteiger partial charge in [0.05, 0.1) is 29.1 Å². The third kappa shape index (κ3) is 3.52. The number of hydrogen-bond donors (Lipinski definition) is 2. The van der Waals surface area contributed by atoms with E-state index < -0.39 is 0 Å². The first-order valence-corrected chi connectivity index (χ1v) is 9.86. The number of likely N-dealkylation sites (N-methyl/N-ethyl adjacent to an activating group) is 1. The quantitative estimate of drug-likeness (QED) is 0.704. The summed E-state index contributed by atoms with van der Waals surface area (Å²) in [6.07, 6.45) is 6.41. The summed E-state index contributed by atoms with van der Waals surface area (Å²) in [6, 6.07) is 0. The molecule has 0 atom stereocenters. The zero-order chi connectivity index (χ0) is 19.0. The van der Waals surface area contributed by atoms with Crippen LogP contribution in [0.4, 0.5) is 5.13 Å². The van der Waals surface area contributed by atoms with Crippen LogP contribution in [0.1, 0.15) is 24.6 Å². The van der Waals surface area contributed by atoms with Crippen LogP contribution in [0.5, 0.6) is 0 Å². The summed E-state index contributed by atoms with van der Waals surface area (Å²) in [4.78, 5) is 26.8. The number of carbonyl (C=O) groups is 1. The fraction of sp³-hybridized carbons (Fsp3) is 0.444. The summed E-state index contributed by atoms with van der Waals surface area (Å²) in [5.41, 5.74) is 5.19. The minimum absolute atomic E-state index is 0.0996. The molecule has 9 heteroatoms. The van der Waals surface area contributed by atoms with Crippen molar-refractivity contribution < 1.29 is 4.79 Å². The predicted octanol–water partition coefficient (Wildman–Crippen LogP) is 2.41. The van der Waals surface area contributed by atoms with Gasteiger partial charge in [-0.1, -0.05) is 11.3 Å². The van der Waals surface area contributed by atoms with E-state index in [1.807, 2.05) is 6.20 Å². The van der Waals surface area contributed by atoms with Crippen molar-refractivity contribution in [1.82, 2.24) is 29.6 Å². The first-order valence-electron chi connectivity index (χ1n) is 9.04. The van der Waals surface area contributed by atoms with Crippen molar-refractivity contribution >= 4 is 22.4 Å². The average Bonchev–Trinajstić information content (AvgIpc) is 3.30. The van der Waals surface area contributed by atoms with E-state index in [-0.39, 0.29) is 5.91 Å². The molecule has 3 heterocycles. The number of H-pyrrole nitrogens is 1. The van der Waals surface area contributed by atoms with Crippen LogP contribution in [0.2, 0.25) is 0 Å². The van der Waals surface area contributed by atoms with Gasteiger partial charge in [0.2, 0.25) is 5.91 Å². The smallest absolute Gasteiger partial charge is 0.223 e. The normalized spacial score (nSPS) is 13.3. The van der Waals surface area contributed by atoms with Gasteiger partial charge < -0.3 is 15.2 Å². The average molecular weight is 385 g/mol. The topological polar surface area (TPSA) is 91.7 Å². The number of carbonyl (C=O) groups excluding carboxylic acids is 1. The molecule has 3 aromatic heterocycles. The van der Waals surface area contributed by atoms with Gasteiger partial charge in [-0.3, -0.25) is 9.48 Å². The molecule has 0 radical (unpaired) electrons. The number of aromatic amines is 1. The van der Waals surface area contributed by atoms with Crippen molar-refractivity contribution in [3.05, 3.63) is 23.8 Å². The summed E-state index contributed by atoms with van der Waals surface area (Å²) >= 11 is 1.53. The molecule has 1 amide bonds. The molecule has 8 nitrogen and oxygen atoms in total. The maximum absolute atomic E-state index is 11.5. The number of imidazole rings is 1. The second-order valence-corrected chi connectivity index (χ2v) is 7.99. The highest BCUT2D eigenvalue weighted by atomic mass is 32.1. The number of anilines is 1. The molecule has 1 aliphatic carbocycles. The molecule has 142 valence electrons. The van der Waals surface area contributed by atoms with Crippen molar-refractivity contribution in [1.29, 1.82) is 0 Å². The van der Waals surface area contributed by atoms with Gasteiger partial charge in [-0.15, -0.1) is 0 Å². The zero-order valence-corrected chi connectivity index (χ0v) is 16.6. The minimum atomic E-state index is -0.0996. The largest absolute Gasteiger partial charge is 0.351 e. The lowest BCUT2D eigenvalue weighted by Crippen LogP contribution is -2.19. The first-order chi connectivity index (χ1) is 13.0. The van der Waals surface area contributed by atoms with Gasteiger partial charge in [-0.25, -0.2) is 9.97 Å². The van der Waals surface area contributed by atoms with E-state index in [1.54, 1.807) is 6.33 Å². The van der Waals surface area contributed by atoms with E-state index in [4.69, 9.17) is 5.10 Å². The molecule has 2 N–H and O–H groups in total. The van der Waals surface area contributed by atoms with Crippen LogP contribution in [-0.2, 0) is 24.2 Å². The Bertz CT molecular complexity index is 955. The Morgan fingerprint density at radius 2 is 2.26 bits per heavy atom. The molecular formula is C18H23N7OS. The Hall–Kier alpha value is -2.52. The predicted molar refractivity (Wildman–Crippen MR) is 106 cm³/mol. The number of nitrogens with zero attached hydrogens (tertiary/aromatic N) is 5. The van der Waals surface area contributed by atoms with Crippen molar-refractivity contribution in [2.75, 3.05) is 26.0 Å². The van der Waals surface area contributed by atoms with Gasteiger partial charge in [0.1, 0.15) is 11.4 Å². The Labute approximate surface area is 161 Å². The third-order valence-corrected chi connectivity index (χ3v) is 5.61. The van der Waals surface area contributed by atoms with E-state index in [2.05, 4.69) is 43.9 Å². The summed E-state index contributed by atoms with van der Waals surface area (Å²) in [7, 11) is 4.12. The van der Waals surface area contributed by atoms with Gasteiger partial charge >= 0.3 is 0 Å². The molecule has 0 spiro atoms. The van der Waals surface area contributed by atoms with Gasteiger partial charge in [0.25, 0.3) is 0 Å². The highest BCUT2D eigenvalue weighted by Gasteiger charge is 2.28. The Balaban J connectivity index is 1.85. The van der Waals surface area contributed by atoms with Crippen LogP contribution in [-0.4, -0.2) is 56.2 Å². The molecule has 3 aromatic rings. The molecule has 0 aliphatic heterocycles. The maximum atomic E-state index is 11.5. The van der Waals surface area contributed by atoms with Gasteiger partial charge in [0.15, 0.2) is 5.13 Å². The van der Waals surface area contributed by atoms with Crippen LogP contribution < -0.4 is 5.32 Å². The van der Waals surface area contributed by atoms with Crippen molar-refractivity contribution in [2.45, 2.75) is 32.7 Å². The lowest BCUT2D eigenvalue weighted by atomic mass is 10.1. The van der Waals surface area contributed by atoms with E-state index in [1.165, 1.54) is 23.8 Å². The van der Waals surface area contributed by atoms with Crippen LogP contribution in [0.25, 0.3) is 22.0 Å². The third-order valence-electron chi connectivity index (χ3n) is 4.59. The van der Waals surface area contributed by atoms with Crippen LogP contribution in [0, 0.1) is 0 Å². The second-order valence-electron chi connectivity index (χ2n) is 6.99. The van der Waals surface area contributed by atoms with E-state index in [0.29, 0.717) is 5.13 Å². The number of thiazole rings is 1. The number of hydrogen-bond acceptors (Lipinski definition) is 6. The monoisotopic (exact) mass is 385 g/mol. The molecule has 27 heavy (non-hydrogen) atoms. The number of aryl methyl sites for hydroxylation is 1. The highest BCUT2D eigenvalue weighted by Crippen LogP contribution is 2.41. The summed E-state index contributed by atoms with van der Waals surface area (Å²) in [5, 5.41) is 8.40. The lowest BCUT2D eigenvalue weighted by molar-refractivity contribution is -0.114. The Kier molecular flexibility index (Phi) is 4.79. The zero-order valence-electron chi connectivity index (χ0n) is 15.7. The number of rotatable bonds is 5. The van der Waals surface area contributed by atoms with Crippen LogP contribution in [0.3, 0.4) is 0 Å².